The predicted molar refractivity (Wildman–Crippen MR) is 77.8 cm³/mol. The number of carbonyl (C=O) groups excluding carboxylic acids is 1. The van der Waals surface area contributed by atoms with Crippen molar-refractivity contribution < 1.29 is 13.6 Å². The Bertz CT molecular complexity index is 749. The first-order chi connectivity index (χ1) is 9.97. The second-order valence-electron chi connectivity index (χ2n) is 4.76. The number of hydrogen-bond acceptors (Lipinski definition) is 1. The van der Waals surface area contributed by atoms with Gasteiger partial charge in [0.25, 0.3) is 0 Å². The first-order valence-corrected chi connectivity index (χ1v) is 6.99. The van der Waals surface area contributed by atoms with Crippen molar-refractivity contribution in [1.29, 1.82) is 0 Å². The Kier molecular flexibility index (Phi) is 3.59. The predicted octanol–water partition coefficient (Wildman–Crippen LogP) is 4.44. The van der Waals surface area contributed by atoms with E-state index in [1.807, 2.05) is 0 Å². The molecule has 108 valence electrons. The summed E-state index contributed by atoms with van der Waals surface area (Å²) in [5, 5.41) is 2.02. The number of carbonyl (C=O) groups is 1. The van der Waals surface area contributed by atoms with Crippen LogP contribution in [0.15, 0.2) is 30.3 Å². The van der Waals surface area contributed by atoms with Gasteiger partial charge < -0.3 is 5.32 Å². The number of fused-ring (bicyclic) bond motifs is 1. The molecule has 1 amide bonds. The van der Waals surface area contributed by atoms with E-state index < -0.39 is 17.0 Å². The summed E-state index contributed by atoms with van der Waals surface area (Å²) >= 11 is 12.4. The maximum absolute atomic E-state index is 13.8. The monoisotopic (exact) mass is 327 g/mol. The Morgan fingerprint density at radius 3 is 2.71 bits per heavy atom. The molecule has 0 fully saturated rings. The summed E-state index contributed by atoms with van der Waals surface area (Å²) in [6.45, 7) is 0. The van der Waals surface area contributed by atoms with E-state index in [4.69, 9.17) is 23.2 Å². The lowest BCUT2D eigenvalue weighted by atomic mass is 10.0. The number of benzene rings is 2. The van der Waals surface area contributed by atoms with Gasteiger partial charge in [-0.05, 0) is 29.3 Å². The van der Waals surface area contributed by atoms with Crippen LogP contribution in [0.4, 0.5) is 14.5 Å². The molecule has 0 bridgehead atoms. The fourth-order valence-electron chi connectivity index (χ4n) is 2.35. The molecule has 1 aliphatic heterocycles. The van der Waals surface area contributed by atoms with Crippen LogP contribution in [0.3, 0.4) is 0 Å². The number of hydrogen-bond donors (Lipinski definition) is 1. The first kappa shape index (κ1) is 14.3. The summed E-state index contributed by atoms with van der Waals surface area (Å²) in [5.74, 6) is -2.10. The molecule has 0 aromatic heterocycles. The van der Waals surface area contributed by atoms with Crippen LogP contribution in [-0.2, 0) is 11.2 Å². The van der Waals surface area contributed by atoms with Gasteiger partial charge in [0, 0.05) is 16.3 Å². The molecular weight excluding hydrogens is 319 g/mol. The normalized spacial score (nSPS) is 14.8. The minimum Gasteiger partial charge on any atom is -0.325 e. The lowest BCUT2D eigenvalue weighted by Gasteiger charge is -2.15. The minimum atomic E-state index is -0.997. The highest BCUT2D eigenvalue weighted by atomic mass is 35.5. The number of nitrogens with one attached hydrogen (secondary N) is 1. The minimum absolute atomic E-state index is 0.01000. The Morgan fingerprint density at radius 2 is 1.95 bits per heavy atom. The molecule has 0 saturated heterocycles. The standard InChI is InChI=1S/C15H9Cl2F2NO/c16-10-6-12-7(5-13(21)20-12)4-9(10)14(17)8-2-1-3-11(18)15(8)19/h1-4,6,14H,5H2,(H,20,21). The van der Waals surface area contributed by atoms with Crippen LogP contribution in [0.2, 0.25) is 5.02 Å². The zero-order valence-electron chi connectivity index (χ0n) is 10.6. The van der Waals surface area contributed by atoms with Gasteiger partial charge in [0.05, 0.1) is 11.8 Å². The van der Waals surface area contributed by atoms with Crippen molar-refractivity contribution in [2.45, 2.75) is 11.8 Å². The molecule has 2 aromatic rings. The number of amides is 1. The SMILES string of the molecule is O=C1Cc2cc(C(Cl)c3cccc(F)c3F)c(Cl)cc2N1. The summed E-state index contributed by atoms with van der Waals surface area (Å²) in [7, 11) is 0. The molecule has 2 nitrogen and oxygen atoms in total. The van der Waals surface area contributed by atoms with Crippen molar-refractivity contribution in [2.24, 2.45) is 0 Å². The molecule has 0 radical (unpaired) electrons. The second-order valence-corrected chi connectivity index (χ2v) is 5.61. The van der Waals surface area contributed by atoms with Crippen molar-refractivity contribution in [3.05, 3.63) is 63.7 Å². The van der Waals surface area contributed by atoms with Crippen molar-refractivity contribution in [1.82, 2.24) is 0 Å². The van der Waals surface area contributed by atoms with Gasteiger partial charge in [0.1, 0.15) is 0 Å². The summed E-state index contributed by atoms with van der Waals surface area (Å²) in [6.07, 6.45) is 0.217. The third-order valence-corrected chi connectivity index (χ3v) is 4.17. The van der Waals surface area contributed by atoms with E-state index in [2.05, 4.69) is 5.32 Å². The maximum atomic E-state index is 13.8. The average molecular weight is 328 g/mol. The van der Waals surface area contributed by atoms with Crippen molar-refractivity contribution in [3.63, 3.8) is 0 Å². The van der Waals surface area contributed by atoms with E-state index in [-0.39, 0.29) is 17.9 Å². The highest BCUT2D eigenvalue weighted by Gasteiger charge is 2.24. The Balaban J connectivity index is 2.06. The summed E-state index contributed by atoms with van der Waals surface area (Å²) in [6, 6.07) is 7.04. The first-order valence-electron chi connectivity index (χ1n) is 6.17. The highest BCUT2D eigenvalue weighted by molar-refractivity contribution is 6.33. The van der Waals surface area contributed by atoms with Crippen molar-refractivity contribution in [2.75, 3.05) is 5.32 Å². The van der Waals surface area contributed by atoms with E-state index in [0.717, 1.165) is 11.6 Å². The van der Waals surface area contributed by atoms with Gasteiger partial charge in [-0.1, -0.05) is 23.7 Å². The maximum Gasteiger partial charge on any atom is 0.228 e. The van der Waals surface area contributed by atoms with Gasteiger partial charge in [-0.25, -0.2) is 8.78 Å². The Labute approximate surface area is 129 Å². The van der Waals surface area contributed by atoms with Gasteiger partial charge in [-0.2, -0.15) is 0 Å². The molecule has 21 heavy (non-hydrogen) atoms. The fraction of sp³-hybridized carbons (Fsp3) is 0.133. The quantitative estimate of drug-likeness (QED) is 0.811. The van der Waals surface area contributed by atoms with Crippen molar-refractivity contribution >= 4 is 34.8 Å². The zero-order chi connectivity index (χ0) is 15.1. The molecule has 1 unspecified atom stereocenters. The average Bonchev–Trinajstić information content (AvgIpc) is 2.79. The van der Waals surface area contributed by atoms with Gasteiger partial charge in [0.2, 0.25) is 5.91 Å². The fourth-order valence-corrected chi connectivity index (χ4v) is 3.02. The van der Waals surface area contributed by atoms with Gasteiger partial charge in [-0.3, -0.25) is 4.79 Å². The van der Waals surface area contributed by atoms with Crippen LogP contribution in [0, 0.1) is 11.6 Å². The Hall–Kier alpha value is -1.65. The topological polar surface area (TPSA) is 29.1 Å². The molecule has 1 atom stereocenters. The smallest absolute Gasteiger partial charge is 0.228 e. The lowest BCUT2D eigenvalue weighted by molar-refractivity contribution is -0.115. The molecule has 2 aromatic carbocycles. The lowest BCUT2D eigenvalue weighted by Crippen LogP contribution is -2.03. The van der Waals surface area contributed by atoms with Crippen LogP contribution in [0.5, 0.6) is 0 Å². The van der Waals surface area contributed by atoms with Crippen LogP contribution in [-0.4, -0.2) is 5.91 Å². The molecule has 1 heterocycles. The summed E-state index contributed by atoms with van der Waals surface area (Å²) in [5.41, 5.74) is 1.81. The summed E-state index contributed by atoms with van der Waals surface area (Å²) in [4.78, 5) is 11.4. The van der Waals surface area contributed by atoms with Gasteiger partial charge >= 0.3 is 0 Å². The zero-order valence-corrected chi connectivity index (χ0v) is 12.1. The van der Waals surface area contributed by atoms with E-state index in [1.54, 1.807) is 12.1 Å². The number of anilines is 1. The summed E-state index contributed by atoms with van der Waals surface area (Å²) < 4.78 is 27.1. The third-order valence-electron chi connectivity index (χ3n) is 3.38. The molecule has 0 saturated carbocycles. The van der Waals surface area contributed by atoms with E-state index >= 15 is 0 Å². The highest BCUT2D eigenvalue weighted by Crippen LogP contribution is 2.39. The molecule has 1 aliphatic rings. The molecule has 1 N–H and O–H groups in total. The largest absolute Gasteiger partial charge is 0.325 e. The van der Waals surface area contributed by atoms with Gasteiger partial charge in [-0.15, -0.1) is 11.6 Å². The molecule has 0 spiro atoms. The molecular formula is C15H9Cl2F2NO. The third kappa shape index (κ3) is 2.49. The second kappa shape index (κ2) is 5.28. The number of alkyl halides is 1. The molecule has 3 rings (SSSR count). The Morgan fingerprint density at radius 1 is 1.19 bits per heavy atom. The van der Waals surface area contributed by atoms with Gasteiger partial charge in [0.15, 0.2) is 11.6 Å². The van der Waals surface area contributed by atoms with E-state index in [9.17, 15) is 13.6 Å². The van der Waals surface area contributed by atoms with E-state index in [0.29, 0.717) is 16.3 Å². The number of halogens is 4. The van der Waals surface area contributed by atoms with Crippen molar-refractivity contribution in [3.8, 4) is 0 Å². The van der Waals surface area contributed by atoms with Crippen LogP contribution in [0.1, 0.15) is 22.1 Å². The van der Waals surface area contributed by atoms with Crippen LogP contribution < -0.4 is 5.32 Å². The molecule has 6 heteroatoms. The van der Waals surface area contributed by atoms with E-state index in [1.165, 1.54) is 12.1 Å². The van der Waals surface area contributed by atoms with Crippen LogP contribution in [0.25, 0.3) is 0 Å². The van der Waals surface area contributed by atoms with Crippen LogP contribution >= 0.6 is 23.2 Å². The molecule has 0 aliphatic carbocycles. The number of rotatable bonds is 2.